The maximum atomic E-state index is 11.9. The van der Waals surface area contributed by atoms with Crippen molar-refractivity contribution in [2.45, 2.75) is 19.9 Å². The van der Waals surface area contributed by atoms with E-state index in [0.717, 1.165) is 16.3 Å². The van der Waals surface area contributed by atoms with Gasteiger partial charge in [0.05, 0.1) is 29.4 Å². The summed E-state index contributed by atoms with van der Waals surface area (Å²) in [5.41, 5.74) is 2.27. The fourth-order valence-electron chi connectivity index (χ4n) is 2.02. The van der Waals surface area contributed by atoms with Crippen molar-refractivity contribution in [3.05, 3.63) is 57.3 Å². The normalized spacial score (nSPS) is 10.7. The minimum absolute atomic E-state index is 0.119. The summed E-state index contributed by atoms with van der Waals surface area (Å²) in [6.07, 6.45) is 1.66. The first-order valence-electron chi connectivity index (χ1n) is 6.98. The molecule has 0 aliphatic rings. The highest BCUT2D eigenvalue weighted by atomic mass is 35.5. The number of carbonyl (C=O) groups is 1. The highest BCUT2D eigenvalue weighted by Crippen LogP contribution is 2.21. The van der Waals surface area contributed by atoms with Gasteiger partial charge in [-0.05, 0) is 31.2 Å². The van der Waals surface area contributed by atoms with Gasteiger partial charge in [-0.1, -0.05) is 11.6 Å². The van der Waals surface area contributed by atoms with Crippen molar-refractivity contribution >= 4 is 28.8 Å². The summed E-state index contributed by atoms with van der Waals surface area (Å²) < 4.78 is 5.41. The van der Waals surface area contributed by atoms with E-state index in [1.54, 1.807) is 23.5 Å². The van der Waals surface area contributed by atoms with E-state index in [9.17, 15) is 4.79 Å². The molecule has 7 heteroatoms. The lowest BCUT2D eigenvalue weighted by Gasteiger charge is -2.00. The summed E-state index contributed by atoms with van der Waals surface area (Å²) in [5.74, 6) is 0.353. The number of benzene rings is 1. The van der Waals surface area contributed by atoms with E-state index in [-0.39, 0.29) is 12.3 Å². The largest absolute Gasteiger partial charge is 0.444 e. The minimum atomic E-state index is -0.119. The standard InChI is InChI=1S/C16H14ClN3O2S/c1-10-19-14(9-23-10)7-18-15(21)6-13-8-22-16(20-13)11-2-4-12(17)5-3-11/h2-5,8-9H,6-7H2,1H3,(H,18,21). The summed E-state index contributed by atoms with van der Waals surface area (Å²) in [6.45, 7) is 2.36. The lowest BCUT2D eigenvalue weighted by molar-refractivity contribution is -0.120. The van der Waals surface area contributed by atoms with Gasteiger partial charge in [0, 0.05) is 16.0 Å². The van der Waals surface area contributed by atoms with Crippen LogP contribution >= 0.6 is 22.9 Å². The topological polar surface area (TPSA) is 68.0 Å². The molecule has 1 N–H and O–H groups in total. The third-order valence-corrected chi connectivity index (χ3v) is 4.19. The van der Waals surface area contributed by atoms with Crippen molar-refractivity contribution in [2.24, 2.45) is 0 Å². The summed E-state index contributed by atoms with van der Waals surface area (Å²) >= 11 is 7.41. The minimum Gasteiger partial charge on any atom is -0.444 e. The van der Waals surface area contributed by atoms with E-state index in [2.05, 4.69) is 15.3 Å². The number of nitrogens with zero attached hydrogens (tertiary/aromatic N) is 2. The first kappa shape index (κ1) is 15.7. The molecule has 2 heterocycles. The van der Waals surface area contributed by atoms with Gasteiger partial charge in [0.1, 0.15) is 6.26 Å². The predicted octanol–water partition coefficient (Wildman–Crippen LogP) is 3.62. The Morgan fingerprint density at radius 2 is 2.04 bits per heavy atom. The Hall–Kier alpha value is -2.18. The second kappa shape index (κ2) is 6.93. The van der Waals surface area contributed by atoms with Crippen LogP contribution in [-0.4, -0.2) is 15.9 Å². The Balaban J connectivity index is 1.58. The highest BCUT2D eigenvalue weighted by molar-refractivity contribution is 7.09. The number of aryl methyl sites for hydroxylation is 1. The zero-order valence-electron chi connectivity index (χ0n) is 12.4. The molecule has 0 aliphatic carbocycles. The summed E-state index contributed by atoms with van der Waals surface area (Å²) in [7, 11) is 0. The van der Waals surface area contributed by atoms with Crippen LogP contribution in [0.2, 0.25) is 5.02 Å². The number of aromatic nitrogens is 2. The first-order chi connectivity index (χ1) is 11.1. The van der Waals surface area contributed by atoms with E-state index in [4.69, 9.17) is 16.0 Å². The van der Waals surface area contributed by atoms with Crippen LogP contribution in [0.15, 0.2) is 40.3 Å². The molecule has 1 amide bonds. The van der Waals surface area contributed by atoms with Crippen molar-refractivity contribution in [3.8, 4) is 11.5 Å². The van der Waals surface area contributed by atoms with Crippen molar-refractivity contribution in [1.29, 1.82) is 0 Å². The molecule has 0 bridgehead atoms. The van der Waals surface area contributed by atoms with Crippen LogP contribution in [0.25, 0.3) is 11.5 Å². The zero-order valence-corrected chi connectivity index (χ0v) is 13.9. The average Bonchev–Trinajstić information content (AvgIpc) is 3.15. The third-order valence-electron chi connectivity index (χ3n) is 3.12. The van der Waals surface area contributed by atoms with Crippen LogP contribution in [0, 0.1) is 6.92 Å². The molecule has 1 aromatic carbocycles. The number of oxazole rings is 1. The van der Waals surface area contributed by atoms with E-state index in [0.29, 0.717) is 23.2 Å². The van der Waals surface area contributed by atoms with E-state index in [1.807, 2.05) is 24.4 Å². The second-order valence-corrected chi connectivity index (χ2v) is 6.46. The van der Waals surface area contributed by atoms with Gasteiger partial charge in [0.15, 0.2) is 0 Å². The number of carbonyl (C=O) groups excluding carboxylic acids is 1. The zero-order chi connectivity index (χ0) is 16.2. The molecule has 3 aromatic rings. The second-order valence-electron chi connectivity index (χ2n) is 4.96. The molecular formula is C16H14ClN3O2S. The van der Waals surface area contributed by atoms with Crippen LogP contribution < -0.4 is 5.32 Å². The summed E-state index contributed by atoms with van der Waals surface area (Å²) in [5, 5.41) is 6.39. The van der Waals surface area contributed by atoms with Gasteiger partial charge in [-0.25, -0.2) is 9.97 Å². The fourth-order valence-corrected chi connectivity index (χ4v) is 2.76. The van der Waals surface area contributed by atoms with E-state index < -0.39 is 0 Å². The Bertz CT molecular complexity index is 811. The molecule has 0 spiro atoms. The molecule has 0 saturated carbocycles. The van der Waals surface area contributed by atoms with Gasteiger partial charge < -0.3 is 9.73 Å². The van der Waals surface area contributed by atoms with Crippen molar-refractivity contribution in [1.82, 2.24) is 15.3 Å². The summed E-state index contributed by atoms with van der Waals surface area (Å²) in [4.78, 5) is 20.6. The van der Waals surface area contributed by atoms with Crippen LogP contribution in [0.4, 0.5) is 0 Å². The number of nitrogens with one attached hydrogen (secondary N) is 1. The molecule has 0 saturated heterocycles. The van der Waals surface area contributed by atoms with Crippen LogP contribution in [-0.2, 0) is 17.8 Å². The Morgan fingerprint density at radius 3 is 2.74 bits per heavy atom. The van der Waals surface area contributed by atoms with E-state index in [1.165, 1.54) is 6.26 Å². The third kappa shape index (κ3) is 4.18. The predicted molar refractivity (Wildman–Crippen MR) is 89.4 cm³/mol. The van der Waals surface area contributed by atoms with Gasteiger partial charge >= 0.3 is 0 Å². The Kier molecular flexibility index (Phi) is 4.73. The Morgan fingerprint density at radius 1 is 1.26 bits per heavy atom. The number of halogens is 1. The number of hydrogen-bond acceptors (Lipinski definition) is 5. The number of thiazole rings is 1. The molecule has 118 valence electrons. The number of hydrogen-bond donors (Lipinski definition) is 1. The van der Waals surface area contributed by atoms with Crippen LogP contribution in [0.3, 0.4) is 0 Å². The lowest BCUT2D eigenvalue weighted by Crippen LogP contribution is -2.24. The number of amides is 1. The maximum absolute atomic E-state index is 11.9. The van der Waals surface area contributed by atoms with E-state index >= 15 is 0 Å². The van der Waals surface area contributed by atoms with Crippen molar-refractivity contribution in [2.75, 3.05) is 0 Å². The first-order valence-corrected chi connectivity index (χ1v) is 8.24. The monoisotopic (exact) mass is 347 g/mol. The molecule has 0 radical (unpaired) electrons. The van der Waals surface area contributed by atoms with Gasteiger partial charge in [0.25, 0.3) is 0 Å². The van der Waals surface area contributed by atoms with Gasteiger partial charge in [-0.15, -0.1) is 11.3 Å². The van der Waals surface area contributed by atoms with Gasteiger partial charge in [-0.2, -0.15) is 0 Å². The van der Waals surface area contributed by atoms with Gasteiger partial charge in [0.2, 0.25) is 11.8 Å². The lowest BCUT2D eigenvalue weighted by atomic mass is 10.2. The Labute approximate surface area is 142 Å². The molecule has 3 rings (SSSR count). The quantitative estimate of drug-likeness (QED) is 0.765. The molecule has 5 nitrogen and oxygen atoms in total. The summed E-state index contributed by atoms with van der Waals surface area (Å²) in [6, 6.07) is 7.18. The van der Waals surface area contributed by atoms with Crippen molar-refractivity contribution in [3.63, 3.8) is 0 Å². The molecule has 0 unspecified atom stereocenters. The average molecular weight is 348 g/mol. The maximum Gasteiger partial charge on any atom is 0.226 e. The SMILES string of the molecule is Cc1nc(CNC(=O)Cc2coc(-c3ccc(Cl)cc3)n2)cs1. The van der Waals surface area contributed by atoms with Crippen LogP contribution in [0.5, 0.6) is 0 Å². The molecule has 0 atom stereocenters. The molecular weight excluding hydrogens is 334 g/mol. The number of rotatable bonds is 5. The highest BCUT2D eigenvalue weighted by Gasteiger charge is 2.11. The molecule has 0 aliphatic heterocycles. The molecule has 23 heavy (non-hydrogen) atoms. The molecule has 0 fully saturated rings. The van der Waals surface area contributed by atoms with Gasteiger partial charge in [-0.3, -0.25) is 4.79 Å². The fraction of sp³-hybridized carbons (Fsp3) is 0.188. The van der Waals surface area contributed by atoms with Crippen LogP contribution in [0.1, 0.15) is 16.4 Å². The van der Waals surface area contributed by atoms with Crippen molar-refractivity contribution < 1.29 is 9.21 Å². The molecule has 2 aromatic heterocycles. The smallest absolute Gasteiger partial charge is 0.226 e.